The van der Waals surface area contributed by atoms with Gasteiger partial charge in [0.2, 0.25) is 0 Å². The Morgan fingerprint density at radius 1 is 1.30 bits per heavy atom. The molecule has 2 heterocycles. The Morgan fingerprint density at radius 2 is 2.15 bits per heavy atom. The highest BCUT2D eigenvalue weighted by Gasteiger charge is 2.29. The maximum absolute atomic E-state index is 5.90. The lowest BCUT2D eigenvalue weighted by molar-refractivity contribution is 0.0318. The van der Waals surface area contributed by atoms with Crippen LogP contribution in [0.3, 0.4) is 0 Å². The fourth-order valence-corrected chi connectivity index (χ4v) is 2.87. The van der Waals surface area contributed by atoms with Crippen LogP contribution in [0, 0.1) is 0 Å². The Morgan fingerprint density at radius 3 is 2.90 bits per heavy atom. The fraction of sp³-hybridized carbons (Fsp3) is 0.438. The smallest absolute Gasteiger partial charge is 0.0749 e. The van der Waals surface area contributed by atoms with E-state index in [0.29, 0.717) is 6.10 Å². The summed E-state index contributed by atoms with van der Waals surface area (Å²) in [6.07, 6.45) is 3.47. The molecule has 0 aliphatic carbocycles. The molecule has 0 spiro atoms. The maximum atomic E-state index is 5.90. The second-order valence-electron chi connectivity index (χ2n) is 5.54. The van der Waals surface area contributed by atoms with Crippen LogP contribution in [0.2, 0.25) is 0 Å². The predicted octanol–water partition coefficient (Wildman–Crippen LogP) is 2.18. The van der Waals surface area contributed by atoms with Crippen molar-refractivity contribution >= 4 is 10.9 Å². The van der Waals surface area contributed by atoms with Gasteiger partial charge in [-0.1, -0.05) is 24.3 Å². The minimum Gasteiger partial charge on any atom is -0.374 e. The van der Waals surface area contributed by atoms with Crippen molar-refractivity contribution in [3.8, 4) is 0 Å². The monoisotopic (exact) mass is 271 g/mol. The summed E-state index contributed by atoms with van der Waals surface area (Å²) in [7, 11) is 0. The molecular weight excluding hydrogens is 250 g/mol. The number of hydrazine groups is 1. The molecule has 3 unspecified atom stereocenters. The molecular formula is C16H21N3O. The zero-order valence-electron chi connectivity index (χ0n) is 11.8. The van der Waals surface area contributed by atoms with E-state index in [-0.39, 0.29) is 12.1 Å². The molecule has 1 aromatic carbocycles. The summed E-state index contributed by atoms with van der Waals surface area (Å²) in [5.41, 5.74) is 4.98. The number of rotatable bonds is 4. The van der Waals surface area contributed by atoms with Gasteiger partial charge in [0.15, 0.2) is 0 Å². The number of nitrogens with two attached hydrogens (primary N) is 1. The number of aromatic nitrogens is 1. The molecule has 1 aliphatic heterocycles. The van der Waals surface area contributed by atoms with Crippen molar-refractivity contribution in [2.75, 3.05) is 0 Å². The highest BCUT2D eigenvalue weighted by Crippen LogP contribution is 2.23. The number of hydrogen-bond acceptors (Lipinski definition) is 4. The van der Waals surface area contributed by atoms with Crippen molar-refractivity contribution in [2.45, 2.75) is 44.4 Å². The number of hydrogen-bond donors (Lipinski definition) is 2. The van der Waals surface area contributed by atoms with E-state index < -0.39 is 0 Å². The van der Waals surface area contributed by atoms with Gasteiger partial charge in [0.05, 0.1) is 23.8 Å². The Balaban J connectivity index is 1.76. The van der Waals surface area contributed by atoms with E-state index in [4.69, 9.17) is 15.6 Å². The lowest BCUT2D eigenvalue weighted by atomic mass is 10.0. The molecule has 106 valence electrons. The van der Waals surface area contributed by atoms with E-state index in [1.165, 1.54) is 5.39 Å². The van der Waals surface area contributed by atoms with Gasteiger partial charge in [0.1, 0.15) is 0 Å². The number of nitrogens with zero attached hydrogens (tertiary/aromatic N) is 1. The maximum Gasteiger partial charge on any atom is 0.0749 e. The third kappa shape index (κ3) is 2.82. The van der Waals surface area contributed by atoms with Crippen molar-refractivity contribution in [2.24, 2.45) is 5.84 Å². The van der Waals surface area contributed by atoms with Crippen LogP contribution < -0.4 is 11.3 Å². The standard InChI is InChI=1S/C16H21N3O/c1-11-6-9-16(20-11)15(19-17)10-13-8-7-12-4-2-3-5-14(12)18-13/h2-5,7-8,11,15-16,19H,6,9-10,17H2,1H3. The number of ether oxygens (including phenoxy) is 1. The normalized spacial score (nSPS) is 24.1. The average Bonchev–Trinajstić information content (AvgIpc) is 2.91. The number of para-hydroxylation sites is 1. The largest absolute Gasteiger partial charge is 0.374 e. The molecule has 1 saturated heterocycles. The summed E-state index contributed by atoms with van der Waals surface area (Å²) in [6.45, 7) is 2.11. The van der Waals surface area contributed by atoms with Crippen molar-refractivity contribution in [3.05, 3.63) is 42.1 Å². The van der Waals surface area contributed by atoms with Crippen molar-refractivity contribution in [1.82, 2.24) is 10.4 Å². The molecule has 0 amide bonds. The zero-order valence-corrected chi connectivity index (χ0v) is 11.8. The van der Waals surface area contributed by atoms with Crippen LogP contribution in [0.1, 0.15) is 25.5 Å². The van der Waals surface area contributed by atoms with Gasteiger partial charge in [-0.15, -0.1) is 0 Å². The van der Waals surface area contributed by atoms with Crippen LogP contribution in [0.5, 0.6) is 0 Å². The second-order valence-corrected chi connectivity index (χ2v) is 5.54. The molecule has 1 aliphatic rings. The van der Waals surface area contributed by atoms with Crippen molar-refractivity contribution in [3.63, 3.8) is 0 Å². The quantitative estimate of drug-likeness (QED) is 0.661. The summed E-state index contributed by atoms with van der Waals surface area (Å²) in [6, 6.07) is 12.5. The van der Waals surface area contributed by atoms with Gasteiger partial charge < -0.3 is 4.74 Å². The Bertz CT molecular complexity index is 587. The van der Waals surface area contributed by atoms with Crippen LogP contribution in [-0.4, -0.2) is 23.2 Å². The van der Waals surface area contributed by atoms with Crippen LogP contribution in [0.15, 0.2) is 36.4 Å². The van der Waals surface area contributed by atoms with E-state index in [2.05, 4.69) is 30.5 Å². The van der Waals surface area contributed by atoms with Gasteiger partial charge in [-0.3, -0.25) is 16.3 Å². The molecule has 20 heavy (non-hydrogen) atoms. The molecule has 1 fully saturated rings. The molecule has 1 aromatic heterocycles. The molecule has 4 nitrogen and oxygen atoms in total. The molecule has 0 radical (unpaired) electrons. The minimum atomic E-state index is 0.119. The average molecular weight is 271 g/mol. The van der Waals surface area contributed by atoms with E-state index in [0.717, 1.165) is 30.5 Å². The predicted molar refractivity (Wildman–Crippen MR) is 80.1 cm³/mol. The van der Waals surface area contributed by atoms with E-state index >= 15 is 0 Å². The zero-order chi connectivity index (χ0) is 13.9. The first-order valence-electron chi connectivity index (χ1n) is 7.22. The molecule has 4 heteroatoms. The summed E-state index contributed by atoms with van der Waals surface area (Å²) in [5.74, 6) is 5.70. The summed E-state index contributed by atoms with van der Waals surface area (Å²) >= 11 is 0. The summed E-state index contributed by atoms with van der Waals surface area (Å²) in [5, 5.41) is 1.17. The van der Waals surface area contributed by atoms with Crippen molar-refractivity contribution in [1.29, 1.82) is 0 Å². The molecule has 0 saturated carbocycles. The topological polar surface area (TPSA) is 60.2 Å². The van der Waals surface area contributed by atoms with Gasteiger partial charge in [0.25, 0.3) is 0 Å². The van der Waals surface area contributed by atoms with Crippen LogP contribution in [-0.2, 0) is 11.2 Å². The first kappa shape index (κ1) is 13.5. The number of benzene rings is 1. The van der Waals surface area contributed by atoms with E-state index in [1.807, 2.05) is 18.2 Å². The Hall–Kier alpha value is -1.49. The van der Waals surface area contributed by atoms with Gasteiger partial charge in [-0.25, -0.2) is 0 Å². The minimum absolute atomic E-state index is 0.119. The summed E-state index contributed by atoms with van der Waals surface area (Å²) in [4.78, 5) is 4.70. The third-order valence-corrected chi connectivity index (χ3v) is 4.01. The van der Waals surface area contributed by atoms with Gasteiger partial charge in [0, 0.05) is 17.5 Å². The van der Waals surface area contributed by atoms with Crippen LogP contribution in [0.25, 0.3) is 10.9 Å². The van der Waals surface area contributed by atoms with Gasteiger partial charge >= 0.3 is 0 Å². The van der Waals surface area contributed by atoms with Crippen LogP contribution in [0.4, 0.5) is 0 Å². The SMILES string of the molecule is CC1CCC(C(Cc2ccc3ccccc3n2)NN)O1. The lowest BCUT2D eigenvalue weighted by Crippen LogP contribution is -2.45. The molecule has 0 bridgehead atoms. The Kier molecular flexibility index (Phi) is 3.96. The first-order valence-corrected chi connectivity index (χ1v) is 7.22. The van der Waals surface area contributed by atoms with Gasteiger partial charge in [-0.2, -0.15) is 0 Å². The molecule has 2 aromatic rings. The highest BCUT2D eigenvalue weighted by molar-refractivity contribution is 5.78. The summed E-state index contributed by atoms with van der Waals surface area (Å²) < 4.78 is 5.90. The number of pyridine rings is 1. The number of fused-ring (bicyclic) bond motifs is 1. The fourth-order valence-electron chi connectivity index (χ4n) is 2.87. The second kappa shape index (κ2) is 5.87. The van der Waals surface area contributed by atoms with E-state index in [9.17, 15) is 0 Å². The van der Waals surface area contributed by atoms with Crippen LogP contribution >= 0.6 is 0 Å². The van der Waals surface area contributed by atoms with Gasteiger partial charge in [-0.05, 0) is 31.9 Å². The molecule has 3 rings (SSSR count). The first-order chi connectivity index (χ1) is 9.76. The third-order valence-electron chi connectivity index (χ3n) is 4.01. The molecule has 3 N–H and O–H groups in total. The van der Waals surface area contributed by atoms with E-state index in [1.54, 1.807) is 0 Å². The van der Waals surface area contributed by atoms with Crippen molar-refractivity contribution < 1.29 is 4.74 Å². The lowest BCUT2D eigenvalue weighted by Gasteiger charge is -2.22. The number of nitrogens with one attached hydrogen (secondary N) is 1. The highest BCUT2D eigenvalue weighted by atomic mass is 16.5. The Labute approximate surface area is 119 Å². The molecule has 3 atom stereocenters.